The van der Waals surface area contributed by atoms with Gasteiger partial charge in [0, 0.05) is 6.04 Å². The van der Waals surface area contributed by atoms with Crippen molar-refractivity contribution in [3.05, 3.63) is 11.6 Å². The van der Waals surface area contributed by atoms with Crippen LogP contribution >= 0.6 is 15.9 Å². The minimum Gasteiger partial charge on any atom is -0.306 e. The summed E-state index contributed by atoms with van der Waals surface area (Å²) in [6, 6.07) is -0.347. The van der Waals surface area contributed by atoms with Gasteiger partial charge in [-0.3, -0.25) is 0 Å². The Hall–Kier alpha value is -0.730. The molecule has 0 amide bonds. The summed E-state index contributed by atoms with van der Waals surface area (Å²) in [6.45, 7) is 0. The molecule has 0 aromatic carbocycles. The van der Waals surface area contributed by atoms with Crippen molar-refractivity contribution in [2.45, 2.75) is 36.3 Å². The van der Waals surface area contributed by atoms with Crippen LogP contribution in [0.5, 0.6) is 0 Å². The fourth-order valence-corrected chi connectivity index (χ4v) is 1.85. The van der Waals surface area contributed by atoms with Gasteiger partial charge in [-0.1, -0.05) is 15.9 Å². The monoisotopic (exact) mass is 319 g/mol. The Morgan fingerprint density at radius 3 is 2.18 bits per heavy atom. The smallest absolute Gasteiger partial charge is 0.306 e. The fraction of sp³-hybridized carbons (Fsp3) is 0.750. The Morgan fingerprint density at radius 1 is 1.18 bits per heavy atom. The molecule has 0 spiro atoms. The van der Waals surface area contributed by atoms with Crippen molar-refractivity contribution in [1.29, 1.82) is 0 Å². The molecule has 1 aromatic rings. The topological polar surface area (TPSA) is 30.7 Å². The minimum absolute atomic E-state index is 0.0877. The van der Waals surface area contributed by atoms with E-state index >= 15 is 0 Å². The SMILES string of the molecule is FC(F)(F)C(F)(F)c1nnc(CBr)n1C1CC1. The molecule has 0 atom stereocenters. The third-order valence-corrected chi connectivity index (χ3v) is 2.94. The summed E-state index contributed by atoms with van der Waals surface area (Å²) < 4.78 is 64.0. The van der Waals surface area contributed by atoms with E-state index in [-0.39, 0.29) is 17.2 Å². The van der Waals surface area contributed by atoms with Gasteiger partial charge in [0.1, 0.15) is 5.82 Å². The van der Waals surface area contributed by atoms with Crippen LogP contribution in [0.1, 0.15) is 30.5 Å². The molecule has 0 N–H and O–H groups in total. The number of halogens is 6. The summed E-state index contributed by atoms with van der Waals surface area (Å²) in [5.41, 5.74) is 0. The van der Waals surface area contributed by atoms with Gasteiger partial charge >= 0.3 is 12.1 Å². The molecule has 1 aromatic heterocycles. The van der Waals surface area contributed by atoms with Crippen molar-refractivity contribution in [3.63, 3.8) is 0 Å². The fourth-order valence-electron chi connectivity index (χ4n) is 1.47. The van der Waals surface area contributed by atoms with Crippen LogP contribution in [0.4, 0.5) is 22.0 Å². The molecule has 1 fully saturated rings. The molecule has 1 aliphatic carbocycles. The van der Waals surface area contributed by atoms with Gasteiger partial charge < -0.3 is 4.57 Å². The molecule has 0 bridgehead atoms. The van der Waals surface area contributed by atoms with Crippen LogP contribution in [0.25, 0.3) is 0 Å². The van der Waals surface area contributed by atoms with Crippen molar-refractivity contribution in [1.82, 2.24) is 14.8 Å². The van der Waals surface area contributed by atoms with E-state index in [2.05, 4.69) is 26.1 Å². The first-order valence-corrected chi connectivity index (χ1v) is 5.86. The Kier molecular flexibility index (Phi) is 2.91. The van der Waals surface area contributed by atoms with E-state index in [1.807, 2.05) is 0 Å². The molecule has 0 radical (unpaired) electrons. The van der Waals surface area contributed by atoms with E-state index in [9.17, 15) is 22.0 Å². The van der Waals surface area contributed by atoms with Crippen LogP contribution in [0, 0.1) is 0 Å². The predicted octanol–water partition coefficient (Wildman–Crippen LogP) is 3.16. The Morgan fingerprint density at radius 2 is 1.76 bits per heavy atom. The van der Waals surface area contributed by atoms with Gasteiger partial charge in [0.25, 0.3) is 0 Å². The maximum atomic E-state index is 13.2. The number of aromatic nitrogens is 3. The third kappa shape index (κ3) is 2.04. The molecular weight excluding hydrogens is 313 g/mol. The molecule has 0 unspecified atom stereocenters. The summed E-state index contributed by atoms with van der Waals surface area (Å²) in [7, 11) is 0. The second-order valence-electron chi connectivity index (χ2n) is 3.75. The van der Waals surface area contributed by atoms with Crippen LogP contribution in [0.2, 0.25) is 0 Å². The number of nitrogens with zero attached hydrogens (tertiary/aromatic N) is 3. The standard InChI is InChI=1S/C8H7BrF5N3/c9-3-5-15-16-6(17(5)4-1-2-4)7(10,11)8(12,13)14/h4H,1-3H2. The van der Waals surface area contributed by atoms with E-state index in [4.69, 9.17) is 0 Å². The first-order valence-electron chi connectivity index (χ1n) is 4.73. The van der Waals surface area contributed by atoms with E-state index in [1.165, 1.54) is 0 Å². The van der Waals surface area contributed by atoms with Gasteiger partial charge in [-0.15, -0.1) is 10.2 Å². The quantitative estimate of drug-likeness (QED) is 0.633. The maximum absolute atomic E-state index is 13.2. The number of hydrogen-bond acceptors (Lipinski definition) is 2. The highest BCUT2D eigenvalue weighted by molar-refractivity contribution is 9.08. The van der Waals surface area contributed by atoms with Crippen molar-refractivity contribution >= 4 is 15.9 Å². The predicted molar refractivity (Wildman–Crippen MR) is 50.9 cm³/mol. The van der Waals surface area contributed by atoms with Crippen molar-refractivity contribution in [2.75, 3.05) is 0 Å². The first kappa shape index (κ1) is 12.7. The molecule has 1 heterocycles. The Labute approximate surface area is 101 Å². The summed E-state index contributed by atoms with van der Waals surface area (Å²) in [4.78, 5) is 0. The lowest BCUT2D eigenvalue weighted by atomic mass is 10.3. The summed E-state index contributed by atoms with van der Waals surface area (Å²) in [5, 5.41) is 6.45. The van der Waals surface area contributed by atoms with Crippen LogP contribution < -0.4 is 0 Å². The lowest BCUT2D eigenvalue weighted by Gasteiger charge is -2.19. The zero-order chi connectivity index (χ0) is 12.8. The van der Waals surface area contributed by atoms with E-state index in [1.54, 1.807) is 0 Å². The molecule has 96 valence electrons. The minimum atomic E-state index is -5.66. The van der Waals surface area contributed by atoms with Gasteiger partial charge in [-0.05, 0) is 12.8 Å². The van der Waals surface area contributed by atoms with Gasteiger partial charge in [0.05, 0.1) is 5.33 Å². The zero-order valence-electron chi connectivity index (χ0n) is 8.31. The van der Waals surface area contributed by atoms with Crippen LogP contribution in [-0.2, 0) is 11.3 Å². The summed E-state index contributed by atoms with van der Waals surface area (Å²) in [6.07, 6.45) is -4.52. The van der Waals surface area contributed by atoms with E-state index in [0.717, 1.165) is 4.57 Å². The summed E-state index contributed by atoms with van der Waals surface area (Å²) >= 11 is 2.99. The number of rotatable bonds is 3. The van der Waals surface area contributed by atoms with Crippen molar-refractivity contribution in [3.8, 4) is 0 Å². The van der Waals surface area contributed by atoms with Gasteiger partial charge in [-0.2, -0.15) is 22.0 Å². The van der Waals surface area contributed by atoms with E-state index < -0.39 is 17.9 Å². The highest BCUT2D eigenvalue weighted by Crippen LogP contribution is 2.46. The van der Waals surface area contributed by atoms with Crippen LogP contribution in [0.15, 0.2) is 0 Å². The highest BCUT2D eigenvalue weighted by Gasteiger charge is 2.62. The molecule has 9 heteroatoms. The normalized spacial score (nSPS) is 17.5. The Bertz CT molecular complexity index is 423. The van der Waals surface area contributed by atoms with Crippen LogP contribution in [-0.4, -0.2) is 20.9 Å². The summed E-state index contributed by atoms with van der Waals surface area (Å²) in [5.74, 6) is -6.20. The average molecular weight is 320 g/mol. The van der Waals surface area contributed by atoms with Crippen molar-refractivity contribution in [2.24, 2.45) is 0 Å². The molecule has 0 saturated heterocycles. The molecule has 0 aliphatic heterocycles. The highest BCUT2D eigenvalue weighted by atomic mass is 79.9. The average Bonchev–Trinajstić information content (AvgIpc) is 2.95. The number of alkyl halides is 6. The second kappa shape index (κ2) is 3.89. The maximum Gasteiger partial charge on any atom is 0.461 e. The third-order valence-electron chi connectivity index (χ3n) is 2.43. The van der Waals surface area contributed by atoms with Crippen molar-refractivity contribution < 1.29 is 22.0 Å². The second-order valence-corrected chi connectivity index (χ2v) is 4.31. The molecule has 1 aliphatic rings. The first-order chi connectivity index (χ1) is 7.79. The molecule has 17 heavy (non-hydrogen) atoms. The molecule has 3 nitrogen and oxygen atoms in total. The van der Waals surface area contributed by atoms with Gasteiger partial charge in [0.15, 0.2) is 0 Å². The van der Waals surface area contributed by atoms with Crippen LogP contribution in [0.3, 0.4) is 0 Å². The lowest BCUT2D eigenvalue weighted by Crippen LogP contribution is -2.36. The molecular formula is C8H7BrF5N3. The number of hydrogen-bond donors (Lipinski definition) is 0. The largest absolute Gasteiger partial charge is 0.461 e. The molecule has 2 rings (SSSR count). The Balaban J connectivity index is 2.48. The van der Waals surface area contributed by atoms with E-state index in [0.29, 0.717) is 12.8 Å². The lowest BCUT2D eigenvalue weighted by molar-refractivity contribution is -0.293. The molecule has 1 saturated carbocycles. The van der Waals surface area contributed by atoms with Gasteiger partial charge in [-0.25, -0.2) is 0 Å². The zero-order valence-corrected chi connectivity index (χ0v) is 9.89. The van der Waals surface area contributed by atoms with Gasteiger partial charge in [0.2, 0.25) is 5.82 Å².